The van der Waals surface area contributed by atoms with E-state index in [9.17, 15) is 49.0 Å². The Kier molecular flexibility index (Phi) is 19.9. The van der Waals surface area contributed by atoms with Gasteiger partial charge >= 0.3 is 7.12 Å². The number of unbranched alkanes of at least 4 members (excludes halogenated alkanes) is 2. The lowest BCUT2D eigenvalue weighted by molar-refractivity contribution is -0.146. The number of aryl methyl sites for hydroxylation is 1. The number of benzene rings is 2. The van der Waals surface area contributed by atoms with Crippen LogP contribution in [0.4, 0.5) is 0 Å². The molecule has 0 radical (unpaired) electrons. The van der Waals surface area contributed by atoms with E-state index in [2.05, 4.69) is 57.8 Å². The Labute approximate surface area is 345 Å². The number of likely N-dealkylation sites (tertiary alicyclic amines) is 1. The molecule has 1 aliphatic heterocycles. The van der Waals surface area contributed by atoms with Crippen LogP contribution in [0.1, 0.15) is 88.1 Å². The molecule has 0 bridgehead atoms. The van der Waals surface area contributed by atoms with Crippen LogP contribution < -0.4 is 38.1 Å². The van der Waals surface area contributed by atoms with Gasteiger partial charge < -0.3 is 63.2 Å². The number of carbonyl (C=O) groups is 6. The van der Waals surface area contributed by atoms with Crippen molar-refractivity contribution in [3.05, 3.63) is 59.7 Å². The number of aliphatic hydroxyl groups is 2. The zero-order valence-corrected chi connectivity index (χ0v) is 34.1. The molecule has 2 aromatic carbocycles. The fourth-order valence-corrected chi connectivity index (χ4v) is 6.55. The van der Waals surface area contributed by atoms with Gasteiger partial charge in [0.1, 0.15) is 18.1 Å². The number of nitrogens with one attached hydrogen (secondary N) is 5. The highest BCUT2D eigenvalue weighted by Gasteiger charge is 2.41. The van der Waals surface area contributed by atoms with Crippen molar-refractivity contribution in [1.82, 2.24) is 31.5 Å². The Morgan fingerprint density at radius 2 is 1.44 bits per heavy atom. The summed E-state index contributed by atoms with van der Waals surface area (Å²) in [6.45, 7) is 5.35. The summed E-state index contributed by atoms with van der Waals surface area (Å²) in [4.78, 5) is 80.2. The molecule has 324 valence electrons. The van der Waals surface area contributed by atoms with Gasteiger partial charge in [-0.1, -0.05) is 56.7 Å². The molecule has 18 nitrogen and oxygen atoms in total. The Morgan fingerprint density at radius 1 is 0.831 bits per heavy atom. The second kappa shape index (κ2) is 24.2. The lowest BCUT2D eigenvalue weighted by atomic mass is 9.81. The maximum absolute atomic E-state index is 13.5. The van der Waals surface area contributed by atoms with E-state index in [1.54, 1.807) is 19.1 Å². The largest absolute Gasteiger partial charge is 0.475 e. The van der Waals surface area contributed by atoms with Crippen molar-refractivity contribution in [2.45, 2.75) is 121 Å². The first-order valence-electron chi connectivity index (χ1n) is 20.3. The van der Waals surface area contributed by atoms with E-state index in [1.807, 2.05) is 12.1 Å². The van der Waals surface area contributed by atoms with E-state index in [-0.39, 0.29) is 38.8 Å². The summed E-state index contributed by atoms with van der Waals surface area (Å²) in [5.74, 6) is -5.46. The van der Waals surface area contributed by atoms with Crippen molar-refractivity contribution < 1.29 is 49.0 Å². The van der Waals surface area contributed by atoms with Crippen LogP contribution in [0.2, 0.25) is 0 Å². The summed E-state index contributed by atoms with van der Waals surface area (Å²) in [6, 6.07) is 9.25. The third kappa shape index (κ3) is 15.0. The molecule has 3 rings (SSSR count). The minimum absolute atomic E-state index is 0.00139. The van der Waals surface area contributed by atoms with Crippen molar-refractivity contribution in [1.29, 1.82) is 0 Å². The number of hydrogen-bond acceptors (Lipinski definition) is 12. The average molecular weight is 825 g/mol. The molecule has 0 spiro atoms. The average Bonchev–Trinajstić information content (AvgIpc) is 3.62. The monoisotopic (exact) mass is 824 g/mol. The smallest absolute Gasteiger partial charge is 0.426 e. The van der Waals surface area contributed by atoms with Crippen LogP contribution in [0.15, 0.2) is 48.5 Å². The third-order valence-corrected chi connectivity index (χ3v) is 10.2. The number of amides is 6. The number of nitrogens with two attached hydrogens (primary N) is 2. The van der Waals surface area contributed by atoms with Crippen molar-refractivity contribution >= 4 is 42.6 Å². The van der Waals surface area contributed by atoms with Crippen LogP contribution >= 0.6 is 0 Å². The molecular weight excluding hydrogens is 763 g/mol. The van der Waals surface area contributed by atoms with Gasteiger partial charge in [0.15, 0.2) is 12.3 Å². The number of nitrogens with zero attached hydrogens (tertiary/aromatic N) is 1. The van der Waals surface area contributed by atoms with Gasteiger partial charge in [-0.05, 0) is 87.2 Å². The molecule has 6 atom stereocenters. The van der Waals surface area contributed by atoms with Gasteiger partial charge in [0.25, 0.3) is 5.91 Å². The quantitative estimate of drug-likeness (QED) is 0.0349. The molecule has 13 N–H and O–H groups in total. The highest BCUT2D eigenvalue weighted by Crippen LogP contribution is 2.22. The summed E-state index contributed by atoms with van der Waals surface area (Å²) in [5.41, 5.74) is 15.3. The van der Waals surface area contributed by atoms with Gasteiger partial charge in [-0.2, -0.15) is 0 Å². The molecule has 19 heteroatoms. The number of rotatable bonds is 23. The van der Waals surface area contributed by atoms with E-state index in [1.165, 1.54) is 17.4 Å². The van der Waals surface area contributed by atoms with Crippen LogP contribution in [-0.2, 0) is 30.4 Å². The molecule has 0 saturated carbocycles. The van der Waals surface area contributed by atoms with Gasteiger partial charge in [0.2, 0.25) is 29.5 Å². The Bertz CT molecular complexity index is 1700. The van der Waals surface area contributed by atoms with Gasteiger partial charge in [-0.15, -0.1) is 0 Å². The molecule has 2 aromatic rings. The van der Waals surface area contributed by atoms with Crippen LogP contribution in [0.5, 0.6) is 0 Å². The van der Waals surface area contributed by atoms with Crippen molar-refractivity contribution in [2.24, 2.45) is 11.5 Å². The molecule has 6 amide bonds. The lowest BCUT2D eigenvalue weighted by Crippen LogP contribution is -2.61. The third-order valence-electron chi connectivity index (χ3n) is 10.2. The molecule has 1 fully saturated rings. The summed E-state index contributed by atoms with van der Waals surface area (Å²) in [7, 11) is -1.85. The predicted molar refractivity (Wildman–Crippen MR) is 221 cm³/mol. The van der Waals surface area contributed by atoms with E-state index in [0.29, 0.717) is 24.9 Å². The highest BCUT2D eigenvalue weighted by atomic mass is 16.5. The second-order valence-corrected chi connectivity index (χ2v) is 14.9. The summed E-state index contributed by atoms with van der Waals surface area (Å²) in [5, 5.41) is 51.2. The first kappa shape index (κ1) is 48.5. The van der Waals surface area contributed by atoms with Crippen LogP contribution in [0.25, 0.3) is 11.1 Å². The molecule has 0 unspecified atom stereocenters. The topological polar surface area (TPSA) is 299 Å². The summed E-state index contributed by atoms with van der Waals surface area (Å²) in [6.07, 6.45) is 1.83. The minimum atomic E-state index is -2.42. The van der Waals surface area contributed by atoms with Crippen LogP contribution in [0.3, 0.4) is 0 Å². The SMILES string of the molecule is CCCCc1ccc(-c2ccc(C(=O)NCCC(=O)N3C[C@@H](N)C[C@H]3C(=O)N[C@H](C(=O)N[C@@H](CC)C(=O)N[C@@H](CCCCN)C(=O)N[C@@H](C)B(O)O)C(O)O)cc2)cc1. The molecule has 59 heavy (non-hydrogen) atoms. The van der Waals surface area contributed by atoms with E-state index in [0.717, 1.165) is 30.4 Å². The lowest BCUT2D eigenvalue weighted by Gasteiger charge is -2.28. The zero-order valence-electron chi connectivity index (χ0n) is 34.1. The van der Waals surface area contributed by atoms with Crippen molar-refractivity contribution in [2.75, 3.05) is 19.6 Å². The number of carbonyl (C=O) groups excluding carboxylic acids is 6. The zero-order chi connectivity index (χ0) is 43.6. The Hall–Kier alpha value is -4.92. The molecule has 0 aromatic heterocycles. The van der Waals surface area contributed by atoms with E-state index in [4.69, 9.17) is 11.5 Å². The molecule has 0 aliphatic carbocycles. The molecule has 1 aliphatic rings. The molecule has 1 heterocycles. The van der Waals surface area contributed by atoms with E-state index < -0.39 is 85.0 Å². The maximum Gasteiger partial charge on any atom is 0.475 e. The number of hydrogen-bond donors (Lipinski definition) is 11. The van der Waals surface area contributed by atoms with Crippen molar-refractivity contribution in [3.63, 3.8) is 0 Å². The first-order chi connectivity index (χ1) is 28.1. The summed E-state index contributed by atoms with van der Waals surface area (Å²) < 4.78 is 0. The fourth-order valence-electron chi connectivity index (χ4n) is 6.55. The Balaban J connectivity index is 1.57. The summed E-state index contributed by atoms with van der Waals surface area (Å²) >= 11 is 0. The van der Waals surface area contributed by atoms with Gasteiger partial charge in [0.05, 0.1) is 5.94 Å². The van der Waals surface area contributed by atoms with Gasteiger partial charge in [-0.25, -0.2) is 0 Å². The van der Waals surface area contributed by atoms with Gasteiger partial charge in [-0.3, -0.25) is 28.8 Å². The van der Waals surface area contributed by atoms with Crippen LogP contribution in [0, 0.1) is 0 Å². The minimum Gasteiger partial charge on any atom is -0.426 e. The Morgan fingerprint density at radius 3 is 2.02 bits per heavy atom. The predicted octanol–water partition coefficient (Wildman–Crippen LogP) is -1.43. The maximum atomic E-state index is 13.5. The normalized spacial score (nSPS) is 17.0. The van der Waals surface area contributed by atoms with Crippen molar-refractivity contribution in [3.8, 4) is 11.1 Å². The highest BCUT2D eigenvalue weighted by molar-refractivity contribution is 6.43. The van der Waals surface area contributed by atoms with Crippen LogP contribution in [-0.4, -0.2) is 130 Å². The van der Waals surface area contributed by atoms with Gasteiger partial charge in [0, 0.05) is 31.1 Å². The molecule has 1 saturated heterocycles. The molecular formula is C40H61BN8O10. The van der Waals surface area contributed by atoms with E-state index >= 15 is 0 Å². The fraction of sp³-hybridized carbons (Fsp3) is 0.550. The second-order valence-electron chi connectivity index (χ2n) is 14.9. The number of aliphatic hydroxyl groups excluding tert-OH is 1. The standard InChI is InChI=1S/C40H61BN8O10/c1-4-6-9-25-11-13-26(14-12-25)27-15-17-28(18-16-27)35(51)44-21-19-33(50)49-23-29(43)22-32(49)38(54)48-34(40(56)57)39(55)46-30(5-2)36(52)47-31(10-7-8-20-42)37(53)45-24(3)41(58)59/h11-18,24,29-32,34,40,56-59H,4-10,19-23,42-43H2,1-3H3,(H,44,51)(H,45,53)(H,46,55)(H,47,52)(H,48,54)/t24-,29-,30-,31-,32-,34+/m0/s1. The first-order valence-corrected chi connectivity index (χ1v) is 20.3.